The van der Waals surface area contributed by atoms with Crippen LogP contribution in [0.25, 0.3) is 0 Å². The number of likely N-dealkylation sites (tertiary alicyclic amines) is 1. The molecule has 10 heteroatoms. The molecule has 2 aliphatic rings. The minimum Gasteiger partial charge on any atom is -0.478 e. The standard InChI is InChI=1S/C23H39N3O7/c1-6-31-10-11-32-17-8-7-9-26(14-17)19-13-16(21(28)29)12-18(20(19)24-15(2)27)25-22(30)33-23(3,4)5/h13,17-20H,6-12,14H2,1-5H3,(H,24,27)(H,25,30)(H,28,29)/t17-,18-,19+,20+/m0/s1. The Bertz CT molecular complexity index is 719. The van der Waals surface area contributed by atoms with Crippen LogP contribution >= 0.6 is 0 Å². The van der Waals surface area contributed by atoms with Gasteiger partial charge in [0.15, 0.2) is 0 Å². The molecule has 2 amide bonds. The average molecular weight is 470 g/mol. The van der Waals surface area contributed by atoms with Crippen LogP contribution in [0.15, 0.2) is 11.6 Å². The molecule has 10 nitrogen and oxygen atoms in total. The lowest BCUT2D eigenvalue weighted by Crippen LogP contribution is -2.64. The lowest BCUT2D eigenvalue weighted by Gasteiger charge is -2.45. The molecule has 1 heterocycles. The molecule has 1 saturated heterocycles. The van der Waals surface area contributed by atoms with E-state index < -0.39 is 35.8 Å². The number of amides is 2. The van der Waals surface area contributed by atoms with Crippen molar-refractivity contribution in [1.29, 1.82) is 0 Å². The van der Waals surface area contributed by atoms with E-state index in [0.717, 1.165) is 19.4 Å². The summed E-state index contributed by atoms with van der Waals surface area (Å²) in [7, 11) is 0. The van der Waals surface area contributed by atoms with Crippen molar-refractivity contribution in [2.75, 3.05) is 32.9 Å². The second kappa shape index (κ2) is 12.3. The number of carboxylic acid groups (broad SMARTS) is 1. The van der Waals surface area contributed by atoms with Crippen LogP contribution in [0, 0.1) is 0 Å². The van der Waals surface area contributed by atoms with Crippen molar-refractivity contribution in [3.05, 3.63) is 11.6 Å². The molecule has 0 spiro atoms. The number of nitrogens with one attached hydrogen (secondary N) is 2. The zero-order chi connectivity index (χ0) is 24.6. The first kappa shape index (κ1) is 27.1. The first-order chi connectivity index (χ1) is 15.5. The summed E-state index contributed by atoms with van der Waals surface area (Å²) < 4.78 is 16.7. The summed E-state index contributed by atoms with van der Waals surface area (Å²) >= 11 is 0. The molecule has 2 rings (SSSR count). The number of rotatable bonds is 9. The molecular weight excluding hydrogens is 430 g/mol. The number of carbonyl (C=O) groups excluding carboxylic acids is 2. The van der Waals surface area contributed by atoms with Crippen molar-refractivity contribution in [2.24, 2.45) is 0 Å². The van der Waals surface area contributed by atoms with Gasteiger partial charge in [0, 0.05) is 32.1 Å². The summed E-state index contributed by atoms with van der Waals surface area (Å²) in [6, 6.07) is -1.56. The molecule has 188 valence electrons. The number of alkyl carbamates (subject to hydrolysis) is 1. The van der Waals surface area contributed by atoms with Gasteiger partial charge in [-0.3, -0.25) is 9.69 Å². The Morgan fingerprint density at radius 2 is 1.94 bits per heavy atom. The van der Waals surface area contributed by atoms with Gasteiger partial charge in [-0.1, -0.05) is 6.08 Å². The van der Waals surface area contributed by atoms with E-state index in [2.05, 4.69) is 15.5 Å². The van der Waals surface area contributed by atoms with E-state index in [1.165, 1.54) is 6.92 Å². The van der Waals surface area contributed by atoms with Gasteiger partial charge in [0.05, 0.1) is 37.4 Å². The van der Waals surface area contributed by atoms with Crippen LogP contribution in [0.4, 0.5) is 4.79 Å². The molecule has 3 N–H and O–H groups in total. The van der Waals surface area contributed by atoms with E-state index in [1.807, 2.05) is 6.92 Å². The van der Waals surface area contributed by atoms with E-state index in [0.29, 0.717) is 26.4 Å². The molecule has 4 atom stereocenters. The highest BCUT2D eigenvalue weighted by molar-refractivity contribution is 5.87. The van der Waals surface area contributed by atoms with Gasteiger partial charge in [-0.2, -0.15) is 0 Å². The summed E-state index contributed by atoms with van der Waals surface area (Å²) in [5.41, 5.74) is -0.506. The van der Waals surface area contributed by atoms with Crippen molar-refractivity contribution in [2.45, 2.75) is 83.7 Å². The molecule has 1 aliphatic carbocycles. The maximum Gasteiger partial charge on any atom is 0.407 e. The minimum absolute atomic E-state index is 0.0157. The van der Waals surface area contributed by atoms with Crippen molar-refractivity contribution in [1.82, 2.24) is 15.5 Å². The quantitative estimate of drug-likeness (QED) is 0.436. The average Bonchev–Trinajstić information content (AvgIpc) is 2.70. The number of aliphatic carboxylic acids is 1. The maximum atomic E-state index is 12.5. The first-order valence-electron chi connectivity index (χ1n) is 11.6. The van der Waals surface area contributed by atoms with Crippen molar-refractivity contribution in [3.8, 4) is 0 Å². The van der Waals surface area contributed by atoms with E-state index in [9.17, 15) is 19.5 Å². The Morgan fingerprint density at radius 1 is 1.21 bits per heavy atom. The zero-order valence-electron chi connectivity index (χ0n) is 20.4. The molecule has 0 bridgehead atoms. The van der Waals surface area contributed by atoms with Crippen LogP contribution in [-0.4, -0.2) is 90.7 Å². The summed E-state index contributed by atoms with van der Waals surface area (Å²) in [5.74, 6) is -1.30. The summed E-state index contributed by atoms with van der Waals surface area (Å²) in [6.07, 6.45) is 2.89. The SMILES string of the molecule is CCOCCO[C@H]1CCCN([C@@H]2C=C(C(=O)O)C[C@H](NC(=O)OC(C)(C)C)[C@H]2NC(C)=O)C1. The maximum absolute atomic E-state index is 12.5. The smallest absolute Gasteiger partial charge is 0.407 e. The van der Waals surface area contributed by atoms with Crippen molar-refractivity contribution in [3.63, 3.8) is 0 Å². The third-order valence-electron chi connectivity index (χ3n) is 5.58. The second-order valence-corrected chi connectivity index (χ2v) is 9.50. The fraction of sp³-hybridized carbons (Fsp3) is 0.783. The zero-order valence-corrected chi connectivity index (χ0v) is 20.4. The van der Waals surface area contributed by atoms with Crippen LogP contribution < -0.4 is 10.6 Å². The normalized spacial score (nSPS) is 26.3. The number of hydrogen-bond acceptors (Lipinski definition) is 7. The topological polar surface area (TPSA) is 126 Å². The number of carbonyl (C=O) groups is 3. The molecule has 0 saturated carbocycles. The van der Waals surface area contributed by atoms with Crippen LogP contribution in [0.5, 0.6) is 0 Å². The van der Waals surface area contributed by atoms with E-state index in [-0.39, 0.29) is 24.0 Å². The van der Waals surface area contributed by atoms with Crippen molar-refractivity contribution >= 4 is 18.0 Å². The second-order valence-electron chi connectivity index (χ2n) is 9.50. The van der Waals surface area contributed by atoms with Gasteiger partial charge in [-0.05, 0) is 47.1 Å². The molecule has 0 aromatic heterocycles. The number of ether oxygens (including phenoxy) is 3. The largest absolute Gasteiger partial charge is 0.478 e. The Morgan fingerprint density at radius 3 is 2.55 bits per heavy atom. The predicted octanol–water partition coefficient (Wildman–Crippen LogP) is 1.69. The van der Waals surface area contributed by atoms with E-state index in [1.54, 1.807) is 26.8 Å². The van der Waals surface area contributed by atoms with Crippen LogP contribution in [0.1, 0.15) is 53.9 Å². The Kier molecular flexibility index (Phi) is 10.1. The number of piperidine rings is 1. The third-order valence-corrected chi connectivity index (χ3v) is 5.58. The highest BCUT2D eigenvalue weighted by atomic mass is 16.6. The summed E-state index contributed by atoms with van der Waals surface area (Å²) in [6.45, 7) is 11.6. The predicted molar refractivity (Wildman–Crippen MR) is 122 cm³/mol. The number of carboxylic acids is 1. The van der Waals surface area contributed by atoms with Gasteiger partial charge < -0.3 is 30.0 Å². The first-order valence-corrected chi connectivity index (χ1v) is 11.6. The van der Waals surface area contributed by atoms with Gasteiger partial charge >= 0.3 is 12.1 Å². The summed E-state index contributed by atoms with van der Waals surface area (Å²) in [4.78, 5) is 38.5. The molecule has 0 aromatic carbocycles. The molecule has 0 radical (unpaired) electrons. The fourth-order valence-electron chi connectivity index (χ4n) is 4.28. The highest BCUT2D eigenvalue weighted by Crippen LogP contribution is 2.27. The Hall–Kier alpha value is -2.17. The van der Waals surface area contributed by atoms with Crippen molar-refractivity contribution < 1.29 is 33.7 Å². The molecular formula is C23H39N3O7. The Balaban J connectivity index is 2.22. The number of nitrogens with zero attached hydrogens (tertiary/aromatic N) is 1. The van der Waals surface area contributed by atoms with Gasteiger partial charge in [0.25, 0.3) is 0 Å². The van der Waals surface area contributed by atoms with Gasteiger partial charge in [-0.25, -0.2) is 9.59 Å². The lowest BCUT2D eigenvalue weighted by molar-refractivity contribution is -0.133. The minimum atomic E-state index is -1.04. The van der Waals surface area contributed by atoms with Gasteiger partial charge in [-0.15, -0.1) is 0 Å². The van der Waals surface area contributed by atoms with Crippen LogP contribution in [-0.2, 0) is 23.8 Å². The monoisotopic (exact) mass is 469 g/mol. The molecule has 33 heavy (non-hydrogen) atoms. The molecule has 0 aromatic rings. The van der Waals surface area contributed by atoms with Crippen LogP contribution in [0.3, 0.4) is 0 Å². The summed E-state index contributed by atoms with van der Waals surface area (Å²) in [5, 5.41) is 15.4. The van der Waals surface area contributed by atoms with Gasteiger partial charge in [0.2, 0.25) is 5.91 Å². The van der Waals surface area contributed by atoms with Gasteiger partial charge in [0.1, 0.15) is 5.60 Å². The van der Waals surface area contributed by atoms with Crippen LogP contribution in [0.2, 0.25) is 0 Å². The van der Waals surface area contributed by atoms with E-state index in [4.69, 9.17) is 14.2 Å². The Labute approximate surface area is 196 Å². The fourth-order valence-corrected chi connectivity index (χ4v) is 4.28. The third kappa shape index (κ3) is 8.94. The highest BCUT2D eigenvalue weighted by Gasteiger charge is 2.41. The molecule has 1 aliphatic heterocycles. The number of hydrogen-bond donors (Lipinski definition) is 3. The lowest BCUT2D eigenvalue weighted by atomic mass is 9.84. The van der Waals surface area contributed by atoms with E-state index >= 15 is 0 Å². The molecule has 0 unspecified atom stereocenters. The molecule has 1 fully saturated rings.